The monoisotopic (exact) mass is 612 g/mol. The van der Waals surface area contributed by atoms with Crippen LogP contribution in [0.1, 0.15) is 0 Å². The number of hydrogen-bond acceptors (Lipinski definition) is 2. The smallest absolute Gasteiger partial charge is 0.0620 e. The van der Waals surface area contributed by atoms with Crippen LogP contribution >= 0.6 is 0 Å². The third-order valence-electron chi connectivity index (χ3n) is 9.30. The number of fused-ring (bicyclic) bond motifs is 4. The van der Waals surface area contributed by atoms with Gasteiger partial charge in [0.05, 0.1) is 11.4 Å². The predicted molar refractivity (Wildman–Crippen MR) is 206 cm³/mol. The van der Waals surface area contributed by atoms with Crippen molar-refractivity contribution in [1.82, 2.24) is 0 Å². The lowest BCUT2D eigenvalue weighted by Gasteiger charge is -2.33. The number of nitrogens with zero attached hydrogens (tertiary/aromatic N) is 2. The van der Waals surface area contributed by atoms with Crippen LogP contribution in [-0.2, 0) is 0 Å². The summed E-state index contributed by atoms with van der Waals surface area (Å²) in [6, 6.07) is 70.1. The summed E-state index contributed by atoms with van der Waals surface area (Å²) in [6.07, 6.45) is 0. The van der Waals surface area contributed by atoms with Gasteiger partial charge in [-0.15, -0.1) is 0 Å². The van der Waals surface area contributed by atoms with Gasteiger partial charge in [0.15, 0.2) is 0 Å². The largest absolute Gasteiger partial charge is 0.309 e. The number of para-hydroxylation sites is 4. The van der Waals surface area contributed by atoms with Crippen molar-refractivity contribution < 1.29 is 0 Å². The van der Waals surface area contributed by atoms with Crippen molar-refractivity contribution in [3.05, 3.63) is 194 Å². The first kappa shape index (κ1) is 27.9. The Morgan fingerprint density at radius 3 is 0.667 bits per heavy atom. The average molecular weight is 613 g/mol. The number of benzene rings is 9. The van der Waals surface area contributed by atoms with Gasteiger partial charge in [0.25, 0.3) is 0 Å². The quantitative estimate of drug-likeness (QED) is 0.136. The first-order valence-electron chi connectivity index (χ1n) is 16.4. The Kier molecular flexibility index (Phi) is 6.84. The van der Waals surface area contributed by atoms with E-state index in [1.807, 2.05) is 0 Å². The summed E-state index contributed by atoms with van der Waals surface area (Å²) in [6.45, 7) is 0. The Labute approximate surface area is 280 Å². The molecule has 0 aliphatic carbocycles. The number of rotatable bonds is 6. The van der Waals surface area contributed by atoms with Gasteiger partial charge in [-0.1, -0.05) is 121 Å². The molecule has 0 saturated heterocycles. The van der Waals surface area contributed by atoms with E-state index in [0.29, 0.717) is 0 Å². The van der Waals surface area contributed by atoms with E-state index in [2.05, 4.69) is 204 Å². The SMILES string of the molecule is c1ccc(N(c2ccccc2)c2c3cc4ccccc4cc3c(N(c3ccccc3)c3ccccc3)c3cc4ccccc4cc23)cc1. The van der Waals surface area contributed by atoms with Crippen LogP contribution in [0.15, 0.2) is 194 Å². The number of anilines is 6. The van der Waals surface area contributed by atoms with Crippen molar-refractivity contribution in [2.75, 3.05) is 9.80 Å². The molecule has 0 amide bonds. The fraction of sp³-hybridized carbons (Fsp3) is 0. The molecule has 0 atom stereocenters. The minimum atomic E-state index is 1.11. The topological polar surface area (TPSA) is 6.48 Å². The van der Waals surface area contributed by atoms with Gasteiger partial charge in [-0.25, -0.2) is 0 Å². The fourth-order valence-electron chi connectivity index (χ4n) is 7.16. The van der Waals surface area contributed by atoms with E-state index in [-0.39, 0.29) is 0 Å². The van der Waals surface area contributed by atoms with Crippen LogP contribution in [0.3, 0.4) is 0 Å². The van der Waals surface area contributed by atoms with Crippen LogP contribution in [0, 0.1) is 0 Å². The third kappa shape index (κ3) is 4.74. The standard InChI is InChI=1S/C46H32N2/c1-5-21-37(22-6-1)47(38-23-7-2-8-24-38)45-41-29-33-17-13-15-19-35(33)31-43(41)46(44-32-36-20-16-14-18-34(36)30-42(44)45)48(39-25-9-3-10-26-39)40-27-11-4-12-28-40/h1-32H. The van der Waals surface area contributed by atoms with Crippen LogP contribution in [0.25, 0.3) is 43.1 Å². The molecule has 0 unspecified atom stereocenters. The highest BCUT2D eigenvalue weighted by atomic mass is 15.2. The highest BCUT2D eigenvalue weighted by Gasteiger charge is 2.26. The zero-order chi connectivity index (χ0) is 31.9. The van der Waals surface area contributed by atoms with E-state index >= 15 is 0 Å². The summed E-state index contributed by atoms with van der Waals surface area (Å²) >= 11 is 0. The van der Waals surface area contributed by atoms with Crippen LogP contribution < -0.4 is 9.80 Å². The molecule has 0 aromatic heterocycles. The molecule has 9 aromatic rings. The van der Waals surface area contributed by atoms with Crippen LogP contribution in [0.4, 0.5) is 34.1 Å². The van der Waals surface area contributed by atoms with E-state index in [1.165, 1.54) is 54.5 Å². The lowest BCUT2D eigenvalue weighted by Crippen LogP contribution is -2.14. The van der Waals surface area contributed by atoms with Crippen molar-refractivity contribution in [2.24, 2.45) is 0 Å². The molecule has 9 rings (SSSR count). The van der Waals surface area contributed by atoms with E-state index < -0.39 is 0 Å². The van der Waals surface area contributed by atoms with Gasteiger partial charge >= 0.3 is 0 Å². The second-order valence-electron chi connectivity index (χ2n) is 12.2. The molecule has 0 fully saturated rings. The minimum Gasteiger partial charge on any atom is -0.309 e. The summed E-state index contributed by atoms with van der Waals surface area (Å²) < 4.78 is 0. The zero-order valence-corrected chi connectivity index (χ0v) is 26.4. The van der Waals surface area contributed by atoms with Crippen molar-refractivity contribution in [2.45, 2.75) is 0 Å². The Bertz CT molecular complexity index is 2190. The normalized spacial score (nSPS) is 11.3. The van der Waals surface area contributed by atoms with Crippen molar-refractivity contribution in [3.63, 3.8) is 0 Å². The Balaban J connectivity index is 1.53. The van der Waals surface area contributed by atoms with Crippen LogP contribution in [0.5, 0.6) is 0 Å². The van der Waals surface area contributed by atoms with Crippen molar-refractivity contribution >= 4 is 77.2 Å². The molecular weight excluding hydrogens is 581 g/mol. The van der Waals surface area contributed by atoms with Crippen molar-refractivity contribution in [1.29, 1.82) is 0 Å². The molecule has 0 saturated carbocycles. The van der Waals surface area contributed by atoms with Gasteiger partial charge in [0.1, 0.15) is 0 Å². The number of hydrogen-bond donors (Lipinski definition) is 0. The molecule has 2 heteroatoms. The highest BCUT2D eigenvalue weighted by Crippen LogP contribution is 2.52. The minimum absolute atomic E-state index is 1.11. The molecule has 0 spiro atoms. The summed E-state index contributed by atoms with van der Waals surface area (Å²) in [5.41, 5.74) is 6.79. The molecule has 226 valence electrons. The summed E-state index contributed by atoms with van der Waals surface area (Å²) in [4.78, 5) is 4.88. The molecule has 0 heterocycles. The molecule has 0 aliphatic rings. The average Bonchev–Trinajstić information content (AvgIpc) is 3.16. The van der Waals surface area contributed by atoms with Gasteiger partial charge in [-0.2, -0.15) is 0 Å². The van der Waals surface area contributed by atoms with Gasteiger partial charge in [-0.3, -0.25) is 0 Å². The van der Waals surface area contributed by atoms with Gasteiger partial charge in [0, 0.05) is 44.3 Å². The maximum absolute atomic E-state index is 2.44. The lowest BCUT2D eigenvalue weighted by molar-refractivity contribution is 1.30. The molecule has 0 N–H and O–H groups in total. The highest BCUT2D eigenvalue weighted by molar-refractivity contribution is 6.27. The molecule has 9 aromatic carbocycles. The third-order valence-corrected chi connectivity index (χ3v) is 9.30. The maximum atomic E-state index is 2.44. The Hall–Kier alpha value is -6.38. The van der Waals surface area contributed by atoms with E-state index in [9.17, 15) is 0 Å². The summed E-state index contributed by atoms with van der Waals surface area (Å²) in [5, 5.41) is 9.61. The molecule has 0 radical (unpaired) electrons. The molecule has 0 aliphatic heterocycles. The van der Waals surface area contributed by atoms with Crippen LogP contribution in [-0.4, -0.2) is 0 Å². The second-order valence-corrected chi connectivity index (χ2v) is 12.2. The predicted octanol–water partition coefficient (Wildman–Crippen LogP) is 13.2. The van der Waals surface area contributed by atoms with E-state index in [0.717, 1.165) is 22.7 Å². The van der Waals surface area contributed by atoms with E-state index in [1.54, 1.807) is 0 Å². The van der Waals surface area contributed by atoms with Crippen LogP contribution in [0.2, 0.25) is 0 Å². The summed E-state index contributed by atoms with van der Waals surface area (Å²) in [5.74, 6) is 0. The fourth-order valence-corrected chi connectivity index (χ4v) is 7.16. The van der Waals surface area contributed by atoms with Crippen molar-refractivity contribution in [3.8, 4) is 0 Å². The zero-order valence-electron chi connectivity index (χ0n) is 26.4. The lowest BCUT2D eigenvalue weighted by atomic mass is 9.91. The molecular formula is C46H32N2. The maximum Gasteiger partial charge on any atom is 0.0620 e. The molecule has 2 nitrogen and oxygen atoms in total. The van der Waals surface area contributed by atoms with Gasteiger partial charge in [-0.05, 0) is 94.3 Å². The molecule has 48 heavy (non-hydrogen) atoms. The van der Waals surface area contributed by atoms with Gasteiger partial charge < -0.3 is 9.80 Å². The Morgan fingerprint density at radius 1 is 0.229 bits per heavy atom. The summed E-state index contributed by atoms with van der Waals surface area (Å²) in [7, 11) is 0. The first-order valence-corrected chi connectivity index (χ1v) is 16.4. The second kappa shape index (κ2) is 11.8. The van der Waals surface area contributed by atoms with Gasteiger partial charge in [0.2, 0.25) is 0 Å². The first-order chi connectivity index (χ1) is 23.8. The molecule has 0 bridgehead atoms. The van der Waals surface area contributed by atoms with E-state index in [4.69, 9.17) is 0 Å². The Morgan fingerprint density at radius 2 is 0.438 bits per heavy atom.